The number of aryl methyl sites for hydroxylation is 2. The number of benzene rings is 1. The highest BCUT2D eigenvalue weighted by Gasteiger charge is 2.04. The Morgan fingerprint density at radius 1 is 1.15 bits per heavy atom. The fraction of sp³-hybridized carbons (Fsp3) is 0.455. The van der Waals surface area contributed by atoms with Crippen molar-refractivity contribution in [2.24, 2.45) is 0 Å². The van der Waals surface area contributed by atoms with E-state index in [1.165, 1.54) is 16.8 Å². The molecule has 0 saturated carbocycles. The highest BCUT2D eigenvalue weighted by molar-refractivity contribution is 9.10. The first-order valence-electron chi connectivity index (χ1n) is 4.54. The van der Waals surface area contributed by atoms with Crippen molar-refractivity contribution in [3.8, 4) is 0 Å². The van der Waals surface area contributed by atoms with Gasteiger partial charge in [0.1, 0.15) is 0 Å². The Kier molecular flexibility index (Phi) is 3.37. The molecule has 2 heteroatoms. The topological polar surface area (TPSA) is 12.0 Å². The van der Waals surface area contributed by atoms with Gasteiger partial charge in [-0.2, -0.15) is 0 Å². The summed E-state index contributed by atoms with van der Waals surface area (Å²) in [6.45, 7) is 8.56. The first-order chi connectivity index (χ1) is 6.00. The summed E-state index contributed by atoms with van der Waals surface area (Å²) in [6, 6.07) is 4.76. The Hall–Kier alpha value is -0.500. The molecule has 0 unspecified atom stereocenters. The molecule has 1 rings (SSSR count). The molecule has 1 N–H and O–H groups in total. The second-order valence-electron chi connectivity index (χ2n) is 3.71. The standard InChI is InChI=1S/C11H16BrN/c1-7(2)13-11-8(3)5-10(12)6-9(11)4/h5-7,13H,1-4H3. The van der Waals surface area contributed by atoms with Crippen molar-refractivity contribution in [3.63, 3.8) is 0 Å². The molecule has 1 nitrogen and oxygen atoms in total. The molecular formula is C11H16BrN. The molecule has 13 heavy (non-hydrogen) atoms. The highest BCUT2D eigenvalue weighted by atomic mass is 79.9. The minimum atomic E-state index is 0.485. The van der Waals surface area contributed by atoms with Crippen LogP contribution in [-0.2, 0) is 0 Å². The Labute approximate surface area is 88.7 Å². The Morgan fingerprint density at radius 3 is 2.00 bits per heavy atom. The van der Waals surface area contributed by atoms with Gasteiger partial charge in [0, 0.05) is 16.2 Å². The molecule has 0 saturated heterocycles. The first kappa shape index (κ1) is 10.6. The monoisotopic (exact) mass is 241 g/mol. The molecule has 0 spiro atoms. The van der Waals surface area contributed by atoms with E-state index < -0.39 is 0 Å². The van der Waals surface area contributed by atoms with E-state index in [2.05, 4.69) is 61.1 Å². The highest BCUT2D eigenvalue weighted by Crippen LogP contribution is 2.25. The van der Waals surface area contributed by atoms with Crippen LogP contribution in [0.3, 0.4) is 0 Å². The lowest BCUT2D eigenvalue weighted by molar-refractivity contribution is 0.894. The summed E-state index contributed by atoms with van der Waals surface area (Å²) < 4.78 is 1.15. The molecule has 0 aromatic heterocycles. The van der Waals surface area contributed by atoms with E-state index in [1.54, 1.807) is 0 Å². The number of halogens is 1. The Bertz CT molecular complexity index is 282. The van der Waals surface area contributed by atoms with E-state index in [9.17, 15) is 0 Å². The van der Waals surface area contributed by atoms with Gasteiger partial charge in [-0.05, 0) is 51.0 Å². The maximum atomic E-state index is 3.49. The van der Waals surface area contributed by atoms with E-state index in [0.717, 1.165) is 4.47 Å². The summed E-state index contributed by atoms with van der Waals surface area (Å²) in [5.74, 6) is 0. The van der Waals surface area contributed by atoms with Crippen molar-refractivity contribution in [2.75, 3.05) is 5.32 Å². The van der Waals surface area contributed by atoms with Gasteiger partial charge in [0.05, 0.1) is 0 Å². The van der Waals surface area contributed by atoms with E-state index in [0.29, 0.717) is 6.04 Å². The molecule has 1 aromatic carbocycles. The predicted octanol–water partition coefficient (Wildman–Crippen LogP) is 3.89. The smallest absolute Gasteiger partial charge is 0.0402 e. The van der Waals surface area contributed by atoms with Crippen molar-refractivity contribution >= 4 is 21.6 Å². The first-order valence-corrected chi connectivity index (χ1v) is 5.33. The van der Waals surface area contributed by atoms with Gasteiger partial charge in [-0.1, -0.05) is 15.9 Å². The second kappa shape index (κ2) is 4.14. The lowest BCUT2D eigenvalue weighted by Gasteiger charge is -2.15. The minimum Gasteiger partial charge on any atom is -0.382 e. The van der Waals surface area contributed by atoms with Gasteiger partial charge >= 0.3 is 0 Å². The normalized spacial score (nSPS) is 10.6. The summed E-state index contributed by atoms with van der Waals surface area (Å²) in [5, 5.41) is 3.45. The number of hydrogen-bond donors (Lipinski definition) is 1. The van der Waals surface area contributed by atoms with E-state index in [-0.39, 0.29) is 0 Å². The van der Waals surface area contributed by atoms with Crippen LogP contribution in [0.5, 0.6) is 0 Å². The Morgan fingerprint density at radius 2 is 1.62 bits per heavy atom. The van der Waals surface area contributed by atoms with Gasteiger partial charge in [0.15, 0.2) is 0 Å². The maximum absolute atomic E-state index is 3.49. The molecule has 72 valence electrons. The van der Waals surface area contributed by atoms with E-state index in [1.807, 2.05) is 0 Å². The average molecular weight is 242 g/mol. The van der Waals surface area contributed by atoms with Gasteiger partial charge in [0.2, 0.25) is 0 Å². The molecule has 0 aliphatic rings. The summed E-state index contributed by atoms with van der Waals surface area (Å²) in [4.78, 5) is 0. The molecule has 0 amide bonds. The maximum Gasteiger partial charge on any atom is 0.0402 e. The summed E-state index contributed by atoms with van der Waals surface area (Å²) in [5.41, 5.74) is 3.85. The zero-order valence-electron chi connectivity index (χ0n) is 8.61. The van der Waals surface area contributed by atoms with Gasteiger partial charge in [-0.3, -0.25) is 0 Å². The van der Waals surface area contributed by atoms with Crippen molar-refractivity contribution in [3.05, 3.63) is 27.7 Å². The second-order valence-corrected chi connectivity index (χ2v) is 4.63. The van der Waals surface area contributed by atoms with Crippen LogP contribution in [0.25, 0.3) is 0 Å². The van der Waals surface area contributed by atoms with Crippen molar-refractivity contribution in [1.82, 2.24) is 0 Å². The molecule has 0 aliphatic carbocycles. The zero-order chi connectivity index (χ0) is 10.0. The fourth-order valence-corrected chi connectivity index (χ4v) is 2.11. The number of hydrogen-bond acceptors (Lipinski definition) is 1. The van der Waals surface area contributed by atoms with Crippen LogP contribution in [0.1, 0.15) is 25.0 Å². The van der Waals surface area contributed by atoms with Gasteiger partial charge in [0.25, 0.3) is 0 Å². The average Bonchev–Trinajstić information content (AvgIpc) is 1.96. The zero-order valence-corrected chi connectivity index (χ0v) is 10.2. The number of nitrogens with one attached hydrogen (secondary N) is 1. The molecule has 0 aliphatic heterocycles. The lowest BCUT2D eigenvalue weighted by atomic mass is 10.1. The fourth-order valence-electron chi connectivity index (χ4n) is 1.43. The minimum absolute atomic E-state index is 0.485. The van der Waals surface area contributed by atoms with E-state index >= 15 is 0 Å². The quantitative estimate of drug-likeness (QED) is 0.829. The molecule has 1 aromatic rings. The third-order valence-corrected chi connectivity index (χ3v) is 2.39. The molecule has 0 bridgehead atoms. The molecule has 0 atom stereocenters. The number of anilines is 1. The van der Waals surface area contributed by atoms with Crippen molar-refractivity contribution in [1.29, 1.82) is 0 Å². The summed E-state index contributed by atoms with van der Waals surface area (Å²) in [6.07, 6.45) is 0. The van der Waals surface area contributed by atoms with Crippen LogP contribution in [0.2, 0.25) is 0 Å². The third-order valence-electron chi connectivity index (χ3n) is 1.93. The Balaban J connectivity index is 3.06. The molecule has 0 radical (unpaired) electrons. The number of rotatable bonds is 2. The van der Waals surface area contributed by atoms with Crippen molar-refractivity contribution in [2.45, 2.75) is 33.7 Å². The van der Waals surface area contributed by atoms with Gasteiger partial charge in [-0.25, -0.2) is 0 Å². The van der Waals surface area contributed by atoms with Crippen molar-refractivity contribution < 1.29 is 0 Å². The van der Waals surface area contributed by atoms with Crippen LogP contribution in [-0.4, -0.2) is 6.04 Å². The SMILES string of the molecule is Cc1cc(Br)cc(C)c1NC(C)C. The largest absolute Gasteiger partial charge is 0.382 e. The van der Waals surface area contributed by atoms with Gasteiger partial charge < -0.3 is 5.32 Å². The van der Waals surface area contributed by atoms with Crippen LogP contribution in [0, 0.1) is 13.8 Å². The van der Waals surface area contributed by atoms with Crippen LogP contribution >= 0.6 is 15.9 Å². The lowest BCUT2D eigenvalue weighted by Crippen LogP contribution is -2.11. The van der Waals surface area contributed by atoms with E-state index in [4.69, 9.17) is 0 Å². The molecule has 0 heterocycles. The third kappa shape index (κ3) is 2.73. The molecular weight excluding hydrogens is 226 g/mol. The van der Waals surface area contributed by atoms with Crippen LogP contribution < -0.4 is 5.32 Å². The van der Waals surface area contributed by atoms with Gasteiger partial charge in [-0.15, -0.1) is 0 Å². The van der Waals surface area contributed by atoms with Crippen LogP contribution in [0.15, 0.2) is 16.6 Å². The predicted molar refractivity (Wildman–Crippen MR) is 62.4 cm³/mol. The molecule has 0 fully saturated rings. The summed E-state index contributed by atoms with van der Waals surface area (Å²) >= 11 is 3.49. The summed E-state index contributed by atoms with van der Waals surface area (Å²) in [7, 11) is 0. The van der Waals surface area contributed by atoms with Crippen LogP contribution in [0.4, 0.5) is 5.69 Å².